The van der Waals surface area contributed by atoms with Gasteiger partial charge in [-0.1, -0.05) is 34.1 Å². The van der Waals surface area contributed by atoms with Gasteiger partial charge in [-0.2, -0.15) is 0 Å². The lowest BCUT2D eigenvalue weighted by molar-refractivity contribution is -0.144. The average molecular weight is 494 g/mol. The third kappa shape index (κ3) is 3.27. The predicted molar refractivity (Wildman–Crippen MR) is 105 cm³/mol. The van der Waals surface area contributed by atoms with Gasteiger partial charge in [-0.05, 0) is 46.6 Å². The number of amides is 2. The minimum Gasteiger partial charge on any atom is -0.433 e. The van der Waals surface area contributed by atoms with Crippen molar-refractivity contribution in [2.75, 3.05) is 5.32 Å². The lowest BCUT2D eigenvalue weighted by Crippen LogP contribution is -2.43. The number of rotatable bonds is 3. The highest BCUT2D eigenvalue weighted by Crippen LogP contribution is 2.38. The molecule has 2 amide bonds. The molecule has 1 unspecified atom stereocenters. The van der Waals surface area contributed by atoms with E-state index in [0.29, 0.717) is 23.2 Å². The molecule has 2 heterocycles. The molecule has 138 valence electrons. The Morgan fingerprint density at radius 3 is 2.70 bits per heavy atom. The fourth-order valence-corrected chi connectivity index (χ4v) is 4.54. The number of halogens is 2. The van der Waals surface area contributed by atoms with Gasteiger partial charge in [0, 0.05) is 20.9 Å². The average Bonchev–Trinajstić information content (AvgIpc) is 3.18. The van der Waals surface area contributed by atoms with Crippen molar-refractivity contribution in [1.29, 1.82) is 0 Å². The molecule has 0 radical (unpaired) electrons. The molecule has 2 aliphatic heterocycles. The van der Waals surface area contributed by atoms with Crippen molar-refractivity contribution in [2.24, 2.45) is 0 Å². The molecule has 0 aromatic heterocycles. The van der Waals surface area contributed by atoms with Gasteiger partial charge in [0.05, 0.1) is 11.3 Å². The second kappa shape index (κ2) is 7.09. The number of carbonyl (C=O) groups is 3. The molecule has 2 aromatic carbocycles. The summed E-state index contributed by atoms with van der Waals surface area (Å²) >= 11 is 6.78. The number of anilines is 1. The Bertz CT molecular complexity index is 962. The molecule has 2 atom stereocenters. The summed E-state index contributed by atoms with van der Waals surface area (Å²) in [5, 5.41) is 2.85. The van der Waals surface area contributed by atoms with E-state index in [4.69, 9.17) is 4.74 Å². The van der Waals surface area contributed by atoms with Crippen LogP contribution in [0.5, 0.6) is 0 Å². The van der Waals surface area contributed by atoms with Crippen LogP contribution in [0.3, 0.4) is 0 Å². The summed E-state index contributed by atoms with van der Waals surface area (Å²) in [6.45, 7) is 0. The van der Waals surface area contributed by atoms with Crippen LogP contribution in [0.2, 0.25) is 0 Å². The third-order valence-electron chi connectivity index (χ3n) is 4.67. The van der Waals surface area contributed by atoms with Crippen LogP contribution in [-0.2, 0) is 14.3 Å². The SMILES string of the molecule is O=C1OC(N2C(=O)CC[C@H]2C(=O)Nc2ccc(Br)cc2Br)c2ccccc21. The second-order valence-electron chi connectivity index (χ2n) is 6.31. The minimum atomic E-state index is -0.868. The molecule has 0 aliphatic carbocycles. The van der Waals surface area contributed by atoms with Gasteiger partial charge in [-0.3, -0.25) is 14.5 Å². The first-order valence-corrected chi connectivity index (χ1v) is 9.91. The number of likely N-dealkylation sites (tertiary alicyclic amines) is 1. The molecule has 1 N–H and O–H groups in total. The molecule has 1 saturated heterocycles. The van der Waals surface area contributed by atoms with E-state index in [1.807, 2.05) is 12.1 Å². The molecule has 0 spiro atoms. The van der Waals surface area contributed by atoms with Crippen LogP contribution in [-0.4, -0.2) is 28.7 Å². The molecule has 27 heavy (non-hydrogen) atoms. The van der Waals surface area contributed by atoms with Crippen LogP contribution in [0.25, 0.3) is 0 Å². The highest BCUT2D eigenvalue weighted by atomic mass is 79.9. The Morgan fingerprint density at radius 1 is 1.15 bits per heavy atom. The maximum absolute atomic E-state index is 12.9. The Labute approximate surface area is 172 Å². The van der Waals surface area contributed by atoms with Crippen LogP contribution in [0.15, 0.2) is 51.4 Å². The van der Waals surface area contributed by atoms with Crippen molar-refractivity contribution < 1.29 is 19.1 Å². The third-order valence-corrected chi connectivity index (χ3v) is 5.81. The number of ether oxygens (including phenoxy) is 1. The molecular weight excluding hydrogens is 480 g/mol. The largest absolute Gasteiger partial charge is 0.433 e. The second-order valence-corrected chi connectivity index (χ2v) is 8.08. The number of hydrogen-bond acceptors (Lipinski definition) is 4. The summed E-state index contributed by atoms with van der Waals surface area (Å²) in [5.74, 6) is -1.01. The quantitative estimate of drug-likeness (QED) is 0.655. The van der Waals surface area contributed by atoms with Crippen molar-refractivity contribution in [1.82, 2.24) is 4.90 Å². The number of cyclic esters (lactones) is 1. The number of esters is 1. The van der Waals surface area contributed by atoms with Crippen molar-refractivity contribution in [3.8, 4) is 0 Å². The zero-order chi connectivity index (χ0) is 19.1. The Morgan fingerprint density at radius 2 is 1.93 bits per heavy atom. The van der Waals surface area contributed by atoms with E-state index in [-0.39, 0.29) is 18.2 Å². The molecule has 0 bridgehead atoms. The maximum atomic E-state index is 12.9. The first-order chi connectivity index (χ1) is 13.0. The van der Waals surface area contributed by atoms with Crippen LogP contribution < -0.4 is 5.32 Å². The van der Waals surface area contributed by atoms with Crippen molar-refractivity contribution in [3.05, 3.63) is 62.5 Å². The predicted octanol–water partition coefficient (Wildman–Crippen LogP) is 4.01. The van der Waals surface area contributed by atoms with Crippen molar-refractivity contribution in [3.63, 3.8) is 0 Å². The molecule has 2 aliphatic rings. The van der Waals surface area contributed by atoms with Crippen molar-refractivity contribution in [2.45, 2.75) is 25.1 Å². The minimum absolute atomic E-state index is 0.209. The fourth-order valence-electron chi connectivity index (χ4n) is 3.39. The van der Waals surface area contributed by atoms with Crippen LogP contribution >= 0.6 is 31.9 Å². The summed E-state index contributed by atoms with van der Waals surface area (Å²) in [5.41, 5.74) is 1.64. The standard InChI is InChI=1S/C19H14Br2N2O4/c20-10-5-6-14(13(21)9-10)22-17(25)15-7-8-16(24)23(15)18-11-3-1-2-4-12(11)19(26)27-18/h1-6,9,15,18H,7-8H2,(H,22,25)/t15-,18?/m0/s1. The van der Waals surface area contributed by atoms with Gasteiger partial charge in [0.1, 0.15) is 6.04 Å². The van der Waals surface area contributed by atoms with E-state index in [1.54, 1.807) is 30.3 Å². The molecular formula is C19H14Br2N2O4. The topological polar surface area (TPSA) is 75.7 Å². The summed E-state index contributed by atoms with van der Waals surface area (Å²) in [4.78, 5) is 38.9. The highest BCUT2D eigenvalue weighted by molar-refractivity contribution is 9.11. The van der Waals surface area contributed by atoms with Crippen LogP contribution in [0.1, 0.15) is 35.0 Å². The fraction of sp³-hybridized carbons (Fsp3) is 0.211. The Balaban J connectivity index is 1.60. The van der Waals surface area contributed by atoms with Gasteiger partial charge in [0.2, 0.25) is 18.0 Å². The molecule has 1 fully saturated rings. The number of hydrogen-bond donors (Lipinski definition) is 1. The van der Waals surface area contributed by atoms with Gasteiger partial charge in [0.25, 0.3) is 0 Å². The molecule has 6 nitrogen and oxygen atoms in total. The van der Waals surface area contributed by atoms with E-state index >= 15 is 0 Å². The lowest BCUT2D eigenvalue weighted by atomic mass is 10.1. The highest BCUT2D eigenvalue weighted by Gasteiger charge is 2.46. The van der Waals surface area contributed by atoms with Crippen molar-refractivity contribution >= 4 is 55.3 Å². The smallest absolute Gasteiger partial charge is 0.340 e. The molecule has 8 heteroatoms. The number of nitrogens with one attached hydrogen (secondary N) is 1. The molecule has 0 saturated carbocycles. The van der Waals surface area contributed by atoms with E-state index in [1.165, 1.54) is 4.90 Å². The Hall–Kier alpha value is -2.19. The first kappa shape index (κ1) is 18.2. The zero-order valence-electron chi connectivity index (χ0n) is 13.9. The summed E-state index contributed by atoms with van der Waals surface area (Å²) in [6, 6.07) is 11.6. The van der Waals surface area contributed by atoms with E-state index in [9.17, 15) is 14.4 Å². The van der Waals surface area contributed by atoms with E-state index < -0.39 is 18.2 Å². The van der Waals surface area contributed by atoms with Gasteiger partial charge in [-0.15, -0.1) is 0 Å². The Kier molecular flexibility index (Phi) is 4.77. The van der Waals surface area contributed by atoms with Gasteiger partial charge >= 0.3 is 5.97 Å². The first-order valence-electron chi connectivity index (χ1n) is 8.32. The maximum Gasteiger partial charge on any atom is 0.340 e. The summed E-state index contributed by atoms with van der Waals surface area (Å²) in [6.07, 6.45) is -0.266. The molecule has 4 rings (SSSR count). The van der Waals surface area contributed by atoms with Gasteiger partial charge in [-0.25, -0.2) is 4.79 Å². The molecule has 2 aromatic rings. The number of benzene rings is 2. The normalized spacial score (nSPS) is 21.2. The lowest BCUT2D eigenvalue weighted by Gasteiger charge is -2.29. The van der Waals surface area contributed by atoms with Crippen LogP contribution in [0.4, 0.5) is 5.69 Å². The van der Waals surface area contributed by atoms with Crippen LogP contribution in [0, 0.1) is 0 Å². The van der Waals surface area contributed by atoms with E-state index in [2.05, 4.69) is 37.2 Å². The van der Waals surface area contributed by atoms with Gasteiger partial charge < -0.3 is 10.1 Å². The number of nitrogens with zero attached hydrogens (tertiary/aromatic N) is 1. The monoisotopic (exact) mass is 492 g/mol. The summed E-state index contributed by atoms with van der Waals surface area (Å²) in [7, 11) is 0. The summed E-state index contributed by atoms with van der Waals surface area (Å²) < 4.78 is 7.02. The number of fused-ring (bicyclic) bond motifs is 1. The van der Waals surface area contributed by atoms with Gasteiger partial charge in [0.15, 0.2) is 0 Å². The van der Waals surface area contributed by atoms with E-state index in [0.717, 1.165) is 8.95 Å². The zero-order valence-corrected chi connectivity index (χ0v) is 17.1. The number of carbonyl (C=O) groups excluding carboxylic acids is 3.